The molecule has 10 heteroatoms. The number of ether oxygens (including phenoxy) is 3. The first-order valence-electron chi connectivity index (χ1n) is 9.67. The third-order valence-electron chi connectivity index (χ3n) is 5.82. The minimum atomic E-state index is -0.628. The van der Waals surface area contributed by atoms with Crippen LogP contribution in [0.5, 0.6) is 0 Å². The van der Waals surface area contributed by atoms with Crippen molar-refractivity contribution in [1.29, 1.82) is 10.3 Å². The van der Waals surface area contributed by atoms with Crippen LogP contribution in [0.2, 0.25) is 0 Å². The van der Waals surface area contributed by atoms with Gasteiger partial charge >= 0.3 is 164 Å². The van der Waals surface area contributed by atoms with Gasteiger partial charge in [-0.3, -0.25) is 0 Å². The van der Waals surface area contributed by atoms with E-state index in [-0.39, 0.29) is 58.6 Å². The summed E-state index contributed by atoms with van der Waals surface area (Å²) in [7, 11) is 0.389. The van der Waals surface area contributed by atoms with Gasteiger partial charge in [0, 0.05) is 0 Å². The van der Waals surface area contributed by atoms with Crippen molar-refractivity contribution < 1.29 is 19.3 Å². The van der Waals surface area contributed by atoms with Crippen LogP contribution in [0.4, 0.5) is 0 Å². The molecule has 0 aromatic rings. The second kappa shape index (κ2) is 10.6. The van der Waals surface area contributed by atoms with Crippen molar-refractivity contribution in [3.05, 3.63) is 0 Å². The average Bonchev–Trinajstić information content (AvgIpc) is 2.66. The first kappa shape index (κ1) is 23.2. The molecule has 3 N–H and O–H groups in total. The van der Waals surface area contributed by atoms with Crippen molar-refractivity contribution in [1.82, 2.24) is 0 Å². The van der Waals surface area contributed by atoms with Crippen LogP contribution in [0.3, 0.4) is 0 Å². The molecule has 2 rings (SSSR count). The predicted molar refractivity (Wildman–Crippen MR) is 104 cm³/mol. The molecular weight excluding hydrogens is 386 g/mol. The molecule has 2 heterocycles. The van der Waals surface area contributed by atoms with Crippen LogP contribution in [0, 0.1) is 22.2 Å². The van der Waals surface area contributed by atoms with E-state index in [1.54, 1.807) is 0 Å². The van der Waals surface area contributed by atoms with Crippen molar-refractivity contribution in [3.8, 4) is 0 Å². The molecule has 2 aliphatic heterocycles. The SMILES string of the molecule is CCC1O[C@@H](O[C@@H]2C(CC)O[C@@H](C)C(N=[P+]=N)[C@H]2C)C(N=[P+]=N)C(C)[C@@H]1O. The van der Waals surface area contributed by atoms with Gasteiger partial charge in [-0.05, 0) is 0 Å². The zero-order valence-electron chi connectivity index (χ0n) is 16.6. The number of nitrogens with zero attached hydrogens (tertiary/aromatic N) is 2. The molecule has 0 aromatic heterocycles. The van der Waals surface area contributed by atoms with E-state index in [1.165, 1.54) is 0 Å². The van der Waals surface area contributed by atoms with E-state index in [0.29, 0.717) is 6.42 Å². The quantitative estimate of drug-likeness (QED) is 0.534. The first-order chi connectivity index (χ1) is 12.9. The predicted octanol–water partition coefficient (Wildman–Crippen LogP) is 4.86. The molecule has 5 unspecified atom stereocenters. The van der Waals surface area contributed by atoms with Gasteiger partial charge in [0.25, 0.3) is 0 Å². The molecule has 0 bridgehead atoms. The Balaban J connectivity index is 2.28. The molecule has 0 amide bonds. The van der Waals surface area contributed by atoms with Crippen LogP contribution in [-0.4, -0.2) is 54.0 Å². The molecule has 152 valence electrons. The molecule has 10 atom stereocenters. The van der Waals surface area contributed by atoms with Gasteiger partial charge < -0.3 is 0 Å². The van der Waals surface area contributed by atoms with Gasteiger partial charge in [-0.25, -0.2) is 0 Å². The van der Waals surface area contributed by atoms with E-state index in [0.717, 1.165) is 6.42 Å². The van der Waals surface area contributed by atoms with E-state index < -0.39 is 18.4 Å². The average molecular weight is 418 g/mol. The van der Waals surface area contributed by atoms with Crippen LogP contribution >= 0.6 is 16.3 Å². The van der Waals surface area contributed by atoms with Crippen LogP contribution in [0.15, 0.2) is 9.49 Å². The summed E-state index contributed by atoms with van der Waals surface area (Å²) in [6, 6.07) is -0.522. The fourth-order valence-electron chi connectivity index (χ4n) is 4.15. The van der Waals surface area contributed by atoms with Crippen molar-refractivity contribution in [2.45, 2.75) is 96.4 Å². The van der Waals surface area contributed by atoms with Crippen LogP contribution in [0.1, 0.15) is 47.5 Å². The van der Waals surface area contributed by atoms with Gasteiger partial charge in [-0.1, -0.05) is 0 Å². The topological polar surface area (TPSA) is 120 Å². The van der Waals surface area contributed by atoms with Gasteiger partial charge in [-0.15, -0.1) is 0 Å². The van der Waals surface area contributed by atoms with Crippen LogP contribution < -0.4 is 0 Å². The second-order valence-electron chi connectivity index (χ2n) is 7.46. The Morgan fingerprint density at radius 3 is 2.07 bits per heavy atom. The second-order valence-corrected chi connectivity index (χ2v) is 8.32. The number of hydrogen-bond acceptors (Lipinski definition) is 8. The summed E-state index contributed by atoms with van der Waals surface area (Å²) in [6.07, 6.45) is -0.495. The Morgan fingerprint density at radius 1 is 0.926 bits per heavy atom. The van der Waals surface area contributed by atoms with Gasteiger partial charge in [-0.2, -0.15) is 0 Å². The van der Waals surface area contributed by atoms with Crippen molar-refractivity contribution >= 4 is 16.3 Å². The molecule has 2 saturated heterocycles. The zero-order chi connectivity index (χ0) is 20.1. The molecule has 0 radical (unpaired) electrons. The summed E-state index contributed by atoms with van der Waals surface area (Å²) in [5.41, 5.74) is 0. The molecule has 27 heavy (non-hydrogen) atoms. The maximum absolute atomic E-state index is 10.5. The molecule has 0 aliphatic carbocycles. The minimum absolute atomic E-state index is 0.0636. The molecule has 0 saturated carbocycles. The Labute approximate surface area is 164 Å². The fourth-order valence-corrected chi connectivity index (χ4v) is 5.14. The number of aliphatic hydroxyl groups excluding tert-OH is 1. The van der Waals surface area contributed by atoms with Crippen LogP contribution in [0.25, 0.3) is 0 Å². The summed E-state index contributed by atoms with van der Waals surface area (Å²) in [4.78, 5) is 0. The number of rotatable bonds is 6. The molecule has 2 fully saturated rings. The summed E-state index contributed by atoms with van der Waals surface area (Å²) in [5.74, 6) is -0.0887. The zero-order valence-corrected chi connectivity index (χ0v) is 18.4. The normalized spacial score (nSPS) is 45.1. The van der Waals surface area contributed by atoms with E-state index >= 15 is 0 Å². The Hall–Kier alpha value is -0.100. The monoisotopic (exact) mass is 418 g/mol. The summed E-state index contributed by atoms with van der Waals surface area (Å²) in [6.45, 7) is 10.0. The van der Waals surface area contributed by atoms with Crippen molar-refractivity contribution in [2.24, 2.45) is 21.3 Å². The molecule has 0 spiro atoms. The van der Waals surface area contributed by atoms with E-state index in [9.17, 15) is 5.11 Å². The van der Waals surface area contributed by atoms with E-state index in [4.69, 9.17) is 24.5 Å². The molecular formula is C17H32N4O4P2+2. The third-order valence-corrected chi connectivity index (χ3v) is 6.58. The van der Waals surface area contributed by atoms with Crippen molar-refractivity contribution in [3.63, 3.8) is 0 Å². The van der Waals surface area contributed by atoms with Gasteiger partial charge in [0.1, 0.15) is 0 Å². The number of nitrogens with one attached hydrogen (secondary N) is 2. The number of aliphatic hydroxyl groups is 1. The molecule has 2 aliphatic rings. The fraction of sp³-hybridized carbons (Fsp3) is 1.00. The van der Waals surface area contributed by atoms with Gasteiger partial charge in [0.15, 0.2) is 0 Å². The molecule has 0 aromatic carbocycles. The Bertz CT molecular complexity index is 599. The van der Waals surface area contributed by atoms with Gasteiger partial charge in [0.05, 0.1) is 0 Å². The van der Waals surface area contributed by atoms with E-state index in [2.05, 4.69) is 23.3 Å². The Morgan fingerprint density at radius 2 is 1.52 bits per heavy atom. The summed E-state index contributed by atoms with van der Waals surface area (Å²) >= 11 is 0. The molecule has 8 nitrogen and oxygen atoms in total. The Kier molecular flexibility index (Phi) is 9.11. The summed E-state index contributed by atoms with van der Waals surface area (Å²) in [5, 5.41) is 25.4. The van der Waals surface area contributed by atoms with Crippen molar-refractivity contribution in [2.75, 3.05) is 0 Å². The third kappa shape index (κ3) is 5.09. The summed E-state index contributed by atoms with van der Waals surface area (Å²) < 4.78 is 27.3. The van der Waals surface area contributed by atoms with E-state index in [1.807, 2.05) is 20.8 Å². The number of hydrogen-bond donors (Lipinski definition) is 3. The van der Waals surface area contributed by atoms with Crippen LogP contribution in [-0.2, 0) is 14.2 Å². The van der Waals surface area contributed by atoms with Gasteiger partial charge in [0.2, 0.25) is 0 Å². The standard InChI is InChI=1S/C17H32N4O4P2/c1-6-11-15(22)8(3)14(21-27-19)17(24-11)25-16-9(4)13(20-26-18)10(5)23-12(16)7-2/h8-19,22H,6-7H2,1-5H3/q+2/t8?,9-,10+,11?,12?,13?,14?,15+,16+,17+/m1/s1. The maximum atomic E-state index is 10.5. The first-order valence-corrected chi connectivity index (χ1v) is 11.4.